The molecule has 21 heavy (non-hydrogen) atoms. The quantitative estimate of drug-likeness (QED) is 0.673. The van der Waals surface area contributed by atoms with Gasteiger partial charge in [0.15, 0.2) is 6.10 Å². The number of anilines is 1. The second kappa shape index (κ2) is 6.47. The van der Waals surface area contributed by atoms with Crippen LogP contribution in [0.15, 0.2) is 48.7 Å². The van der Waals surface area contributed by atoms with Gasteiger partial charge in [-0.3, -0.25) is 14.9 Å². The van der Waals surface area contributed by atoms with Crippen molar-refractivity contribution in [2.45, 2.75) is 13.0 Å². The molecular weight excluding hydrogens is 274 g/mol. The number of pyridine rings is 1. The highest BCUT2D eigenvalue weighted by Crippen LogP contribution is 2.18. The highest BCUT2D eigenvalue weighted by molar-refractivity contribution is 5.93. The van der Waals surface area contributed by atoms with E-state index in [1.165, 1.54) is 24.3 Å². The van der Waals surface area contributed by atoms with Crippen molar-refractivity contribution < 1.29 is 14.5 Å². The number of carbonyl (C=O) groups excluding carboxylic acids is 1. The Balaban J connectivity index is 1.95. The minimum Gasteiger partial charge on any atom is -0.481 e. The van der Waals surface area contributed by atoms with Crippen LogP contribution in [0, 0.1) is 10.1 Å². The number of aromatic nitrogens is 1. The summed E-state index contributed by atoms with van der Waals surface area (Å²) < 4.78 is 5.42. The first-order chi connectivity index (χ1) is 10.1. The lowest BCUT2D eigenvalue weighted by molar-refractivity contribution is -0.384. The summed E-state index contributed by atoms with van der Waals surface area (Å²) in [6.07, 6.45) is 0.811. The zero-order chi connectivity index (χ0) is 15.2. The van der Waals surface area contributed by atoms with Crippen molar-refractivity contribution in [2.24, 2.45) is 0 Å². The van der Waals surface area contributed by atoms with E-state index in [1.54, 1.807) is 31.3 Å². The number of hydrogen-bond donors (Lipinski definition) is 1. The van der Waals surface area contributed by atoms with E-state index < -0.39 is 11.0 Å². The first-order valence-corrected chi connectivity index (χ1v) is 6.19. The van der Waals surface area contributed by atoms with Crippen molar-refractivity contribution in [1.29, 1.82) is 0 Å². The zero-order valence-corrected chi connectivity index (χ0v) is 11.2. The van der Waals surface area contributed by atoms with Crippen LogP contribution in [-0.4, -0.2) is 21.9 Å². The summed E-state index contributed by atoms with van der Waals surface area (Å²) in [5.74, 6) is 0.456. The Bertz CT molecular complexity index is 628. The van der Waals surface area contributed by atoms with Gasteiger partial charge in [0, 0.05) is 18.3 Å². The zero-order valence-electron chi connectivity index (χ0n) is 11.2. The Hall–Kier alpha value is -2.96. The molecule has 0 spiro atoms. The lowest BCUT2D eigenvalue weighted by Crippen LogP contribution is -2.30. The van der Waals surface area contributed by atoms with E-state index >= 15 is 0 Å². The normalized spacial score (nSPS) is 11.5. The third-order valence-electron chi connectivity index (χ3n) is 2.65. The molecule has 0 radical (unpaired) electrons. The molecule has 108 valence electrons. The molecule has 1 amide bonds. The van der Waals surface area contributed by atoms with E-state index in [9.17, 15) is 14.9 Å². The molecule has 0 aliphatic rings. The minimum atomic E-state index is -0.756. The monoisotopic (exact) mass is 287 g/mol. The molecule has 0 fully saturated rings. The fourth-order valence-corrected chi connectivity index (χ4v) is 1.57. The van der Waals surface area contributed by atoms with Gasteiger partial charge in [-0.25, -0.2) is 4.98 Å². The van der Waals surface area contributed by atoms with E-state index in [4.69, 9.17) is 4.74 Å². The maximum Gasteiger partial charge on any atom is 0.269 e. The molecule has 2 aromatic rings. The van der Waals surface area contributed by atoms with Crippen molar-refractivity contribution >= 4 is 17.4 Å². The third kappa shape index (κ3) is 4.00. The summed E-state index contributed by atoms with van der Waals surface area (Å²) in [7, 11) is 0. The second-order valence-corrected chi connectivity index (χ2v) is 4.22. The van der Waals surface area contributed by atoms with Crippen molar-refractivity contribution in [1.82, 2.24) is 4.98 Å². The Labute approximate surface area is 120 Å². The molecule has 0 saturated heterocycles. The molecular formula is C14H13N3O4. The van der Waals surface area contributed by atoms with Crippen LogP contribution in [0.4, 0.5) is 11.5 Å². The number of non-ortho nitro benzene ring substituents is 1. The molecule has 0 aliphatic heterocycles. The molecule has 1 N–H and O–H groups in total. The van der Waals surface area contributed by atoms with Gasteiger partial charge in [0.1, 0.15) is 11.6 Å². The highest BCUT2D eigenvalue weighted by Gasteiger charge is 2.15. The number of ether oxygens (including phenoxy) is 1. The predicted octanol–water partition coefficient (Wildman–Crippen LogP) is 2.40. The van der Waals surface area contributed by atoms with E-state index in [0.717, 1.165) is 0 Å². The summed E-state index contributed by atoms with van der Waals surface area (Å²) in [4.78, 5) is 25.9. The lowest BCUT2D eigenvalue weighted by Gasteiger charge is -2.14. The third-order valence-corrected chi connectivity index (χ3v) is 2.65. The van der Waals surface area contributed by atoms with Crippen LogP contribution in [0.25, 0.3) is 0 Å². The second-order valence-electron chi connectivity index (χ2n) is 4.22. The van der Waals surface area contributed by atoms with Crippen LogP contribution in [-0.2, 0) is 4.79 Å². The maximum atomic E-state index is 11.9. The van der Waals surface area contributed by atoms with Gasteiger partial charge in [0.05, 0.1) is 4.92 Å². The average molecular weight is 287 g/mol. The van der Waals surface area contributed by atoms with Crippen LogP contribution >= 0.6 is 0 Å². The molecule has 2 rings (SSSR count). The number of nitro benzene ring substituents is 1. The molecule has 7 heteroatoms. The molecule has 0 unspecified atom stereocenters. The van der Waals surface area contributed by atoms with Crippen molar-refractivity contribution in [3.8, 4) is 5.75 Å². The van der Waals surface area contributed by atoms with Crippen LogP contribution < -0.4 is 10.1 Å². The molecule has 1 atom stereocenters. The molecule has 0 bridgehead atoms. The van der Waals surface area contributed by atoms with Gasteiger partial charge in [0.2, 0.25) is 0 Å². The number of hydrogen-bond acceptors (Lipinski definition) is 5. The largest absolute Gasteiger partial charge is 0.481 e. The number of nitrogens with zero attached hydrogens (tertiary/aromatic N) is 2. The van der Waals surface area contributed by atoms with E-state index in [0.29, 0.717) is 11.6 Å². The van der Waals surface area contributed by atoms with Gasteiger partial charge in [-0.2, -0.15) is 0 Å². The fourth-order valence-electron chi connectivity index (χ4n) is 1.57. The Morgan fingerprint density at radius 2 is 2.00 bits per heavy atom. The first-order valence-electron chi connectivity index (χ1n) is 6.19. The smallest absolute Gasteiger partial charge is 0.269 e. The van der Waals surface area contributed by atoms with Crippen LogP contribution in [0.1, 0.15) is 6.92 Å². The fraction of sp³-hybridized carbons (Fsp3) is 0.143. The molecule has 0 aliphatic carbocycles. The van der Waals surface area contributed by atoms with Crippen LogP contribution in [0.3, 0.4) is 0 Å². The molecule has 0 saturated carbocycles. The van der Waals surface area contributed by atoms with Crippen molar-refractivity contribution in [3.05, 3.63) is 58.8 Å². The number of benzene rings is 1. The van der Waals surface area contributed by atoms with Gasteiger partial charge < -0.3 is 10.1 Å². The van der Waals surface area contributed by atoms with E-state index in [-0.39, 0.29) is 11.6 Å². The van der Waals surface area contributed by atoms with E-state index in [1.807, 2.05) is 0 Å². The number of nitrogens with one attached hydrogen (secondary N) is 1. The van der Waals surface area contributed by atoms with Crippen LogP contribution in [0.5, 0.6) is 5.75 Å². The van der Waals surface area contributed by atoms with Crippen molar-refractivity contribution in [2.75, 3.05) is 5.32 Å². The summed E-state index contributed by atoms with van der Waals surface area (Å²) >= 11 is 0. The Kier molecular flexibility index (Phi) is 4.45. The molecule has 7 nitrogen and oxygen atoms in total. The van der Waals surface area contributed by atoms with E-state index in [2.05, 4.69) is 10.3 Å². The average Bonchev–Trinajstić information content (AvgIpc) is 2.48. The van der Waals surface area contributed by atoms with Gasteiger partial charge in [0.25, 0.3) is 11.6 Å². The van der Waals surface area contributed by atoms with Gasteiger partial charge in [-0.05, 0) is 31.2 Å². The summed E-state index contributed by atoms with van der Waals surface area (Å²) in [5.41, 5.74) is -0.0343. The topological polar surface area (TPSA) is 94.4 Å². The van der Waals surface area contributed by atoms with Gasteiger partial charge in [-0.1, -0.05) is 6.07 Å². The van der Waals surface area contributed by atoms with Crippen molar-refractivity contribution in [3.63, 3.8) is 0 Å². The highest BCUT2D eigenvalue weighted by atomic mass is 16.6. The van der Waals surface area contributed by atoms with Crippen LogP contribution in [0.2, 0.25) is 0 Å². The molecule has 1 heterocycles. The Morgan fingerprint density at radius 3 is 2.57 bits per heavy atom. The molecule has 1 aromatic heterocycles. The standard InChI is InChI=1S/C14H13N3O4/c1-10(14(18)16-13-4-2-3-9-15-13)21-12-7-5-11(6-8-12)17(19)20/h2-10H,1H3,(H,15,16,18)/t10-/m0/s1. The summed E-state index contributed by atoms with van der Waals surface area (Å²) in [6, 6.07) is 10.7. The number of rotatable bonds is 5. The molecule has 1 aromatic carbocycles. The number of amides is 1. The van der Waals surface area contributed by atoms with Gasteiger partial charge >= 0.3 is 0 Å². The number of carbonyl (C=O) groups is 1. The summed E-state index contributed by atoms with van der Waals surface area (Å²) in [6.45, 7) is 1.58. The summed E-state index contributed by atoms with van der Waals surface area (Å²) in [5, 5.41) is 13.1. The minimum absolute atomic E-state index is 0.0343. The van der Waals surface area contributed by atoms with Gasteiger partial charge in [-0.15, -0.1) is 0 Å². The Morgan fingerprint density at radius 1 is 1.29 bits per heavy atom. The SMILES string of the molecule is C[C@H](Oc1ccc([N+](=O)[O-])cc1)C(=O)Nc1ccccn1. The first kappa shape index (κ1) is 14.4. The number of nitro groups is 1. The lowest BCUT2D eigenvalue weighted by atomic mass is 10.3. The maximum absolute atomic E-state index is 11.9. The predicted molar refractivity (Wildman–Crippen MR) is 76.1 cm³/mol.